The van der Waals surface area contributed by atoms with Gasteiger partial charge in [0.15, 0.2) is 5.82 Å². The Kier molecular flexibility index (Phi) is 1.63. The van der Waals surface area contributed by atoms with E-state index in [4.69, 9.17) is 11.5 Å². The fourth-order valence-electron chi connectivity index (χ4n) is 1.14. The maximum Gasteiger partial charge on any atom is 0.254 e. The van der Waals surface area contributed by atoms with Crippen LogP contribution < -0.4 is 11.5 Å². The van der Waals surface area contributed by atoms with E-state index in [2.05, 4.69) is 15.1 Å². The van der Waals surface area contributed by atoms with Crippen LogP contribution in [-0.4, -0.2) is 19.6 Å². The van der Waals surface area contributed by atoms with Crippen molar-refractivity contribution < 1.29 is 0 Å². The van der Waals surface area contributed by atoms with E-state index >= 15 is 0 Å². The lowest BCUT2D eigenvalue weighted by Crippen LogP contribution is -2.02. The van der Waals surface area contributed by atoms with Gasteiger partial charge in [-0.15, -0.1) is 5.10 Å². The van der Waals surface area contributed by atoms with Gasteiger partial charge in [-0.3, -0.25) is 0 Å². The molecule has 0 atom stereocenters. The normalized spacial score (nSPS) is 10.9. The van der Waals surface area contributed by atoms with E-state index in [1.165, 1.54) is 4.52 Å². The lowest BCUT2D eigenvalue weighted by atomic mass is 10.4. The fourth-order valence-corrected chi connectivity index (χ4v) is 1.14. The van der Waals surface area contributed by atoms with Crippen LogP contribution in [0.25, 0.3) is 5.78 Å². The lowest BCUT2D eigenvalue weighted by molar-refractivity contribution is 0.869. The molecule has 2 aromatic rings. The highest BCUT2D eigenvalue weighted by atomic mass is 15.4. The number of nitrogens with two attached hydrogens (primary N) is 2. The first-order chi connectivity index (χ1) is 6.20. The third-order valence-electron chi connectivity index (χ3n) is 1.69. The Morgan fingerprint density at radius 1 is 1.46 bits per heavy atom. The van der Waals surface area contributed by atoms with Crippen LogP contribution in [0.1, 0.15) is 11.5 Å². The van der Waals surface area contributed by atoms with Crippen LogP contribution in [0, 0.1) is 6.92 Å². The molecule has 2 heterocycles. The molecule has 0 bridgehead atoms. The highest BCUT2D eigenvalue weighted by Gasteiger charge is 2.05. The SMILES string of the molecule is Cc1cc(N)n2nc(CN)nc2n1. The van der Waals surface area contributed by atoms with Gasteiger partial charge in [-0.25, -0.2) is 4.98 Å². The molecule has 0 aliphatic rings. The van der Waals surface area contributed by atoms with E-state index in [0.29, 0.717) is 24.0 Å². The van der Waals surface area contributed by atoms with E-state index in [0.717, 1.165) is 5.69 Å². The molecule has 0 saturated heterocycles. The summed E-state index contributed by atoms with van der Waals surface area (Å²) in [4.78, 5) is 8.25. The number of aromatic nitrogens is 4. The molecule has 13 heavy (non-hydrogen) atoms. The van der Waals surface area contributed by atoms with Gasteiger partial charge in [0.1, 0.15) is 5.82 Å². The van der Waals surface area contributed by atoms with Crippen molar-refractivity contribution in [1.29, 1.82) is 0 Å². The van der Waals surface area contributed by atoms with E-state index < -0.39 is 0 Å². The summed E-state index contributed by atoms with van der Waals surface area (Å²) in [6, 6.07) is 1.74. The summed E-state index contributed by atoms with van der Waals surface area (Å²) in [6.07, 6.45) is 0. The van der Waals surface area contributed by atoms with E-state index in [1.807, 2.05) is 6.92 Å². The van der Waals surface area contributed by atoms with Crippen molar-refractivity contribution in [1.82, 2.24) is 19.6 Å². The standard InChI is InChI=1S/C7H10N6/c1-4-2-5(9)13-7(10-4)11-6(3-8)12-13/h2H,3,8-9H2,1H3. The zero-order chi connectivity index (χ0) is 9.42. The minimum Gasteiger partial charge on any atom is -0.383 e. The number of hydrogen-bond donors (Lipinski definition) is 2. The largest absolute Gasteiger partial charge is 0.383 e. The maximum atomic E-state index is 5.70. The summed E-state index contributed by atoms with van der Waals surface area (Å²) in [7, 11) is 0. The zero-order valence-corrected chi connectivity index (χ0v) is 7.23. The van der Waals surface area contributed by atoms with E-state index in [9.17, 15) is 0 Å². The molecular formula is C7H10N6. The van der Waals surface area contributed by atoms with Gasteiger partial charge in [0.2, 0.25) is 0 Å². The van der Waals surface area contributed by atoms with Gasteiger partial charge >= 0.3 is 0 Å². The van der Waals surface area contributed by atoms with Gasteiger partial charge in [-0.1, -0.05) is 0 Å². The Bertz CT molecular complexity index is 445. The molecule has 0 aliphatic carbocycles. The van der Waals surface area contributed by atoms with Crippen LogP contribution in [0.15, 0.2) is 6.07 Å². The molecule has 4 N–H and O–H groups in total. The van der Waals surface area contributed by atoms with Crippen molar-refractivity contribution in [3.8, 4) is 0 Å². The molecular weight excluding hydrogens is 168 g/mol. The predicted molar refractivity (Wildman–Crippen MR) is 47.8 cm³/mol. The summed E-state index contributed by atoms with van der Waals surface area (Å²) < 4.78 is 1.48. The Morgan fingerprint density at radius 3 is 2.92 bits per heavy atom. The number of aryl methyl sites for hydroxylation is 1. The van der Waals surface area contributed by atoms with Crippen LogP contribution in [0.5, 0.6) is 0 Å². The monoisotopic (exact) mass is 178 g/mol. The Morgan fingerprint density at radius 2 is 2.23 bits per heavy atom. The fraction of sp³-hybridized carbons (Fsp3) is 0.286. The Labute approximate surface area is 74.6 Å². The van der Waals surface area contributed by atoms with Crippen molar-refractivity contribution in [2.45, 2.75) is 13.5 Å². The molecule has 0 amide bonds. The molecule has 0 fully saturated rings. The molecule has 0 aromatic carbocycles. The number of fused-ring (bicyclic) bond motifs is 1. The third kappa shape index (κ3) is 1.20. The average Bonchev–Trinajstić information content (AvgIpc) is 2.47. The van der Waals surface area contributed by atoms with Gasteiger partial charge in [0.05, 0.1) is 6.54 Å². The van der Waals surface area contributed by atoms with Crippen LogP contribution in [0.3, 0.4) is 0 Å². The van der Waals surface area contributed by atoms with Crippen LogP contribution in [0.4, 0.5) is 5.82 Å². The summed E-state index contributed by atoms with van der Waals surface area (Å²) in [5.74, 6) is 1.57. The molecule has 0 saturated carbocycles. The predicted octanol–water partition coefficient (Wildman–Crippen LogP) is -0.526. The number of nitrogens with zero attached hydrogens (tertiary/aromatic N) is 4. The smallest absolute Gasteiger partial charge is 0.254 e. The highest BCUT2D eigenvalue weighted by molar-refractivity contribution is 5.41. The van der Waals surface area contributed by atoms with Crippen LogP contribution in [0.2, 0.25) is 0 Å². The summed E-state index contributed by atoms with van der Waals surface area (Å²) >= 11 is 0. The molecule has 6 heteroatoms. The second kappa shape index (κ2) is 2.67. The van der Waals surface area contributed by atoms with Gasteiger partial charge < -0.3 is 11.5 Å². The first-order valence-electron chi connectivity index (χ1n) is 3.89. The number of hydrogen-bond acceptors (Lipinski definition) is 5. The van der Waals surface area contributed by atoms with E-state index in [-0.39, 0.29) is 0 Å². The van der Waals surface area contributed by atoms with Gasteiger partial charge in [-0.05, 0) is 6.92 Å². The highest BCUT2D eigenvalue weighted by Crippen LogP contribution is 2.06. The molecule has 2 rings (SSSR count). The van der Waals surface area contributed by atoms with Gasteiger partial charge in [-0.2, -0.15) is 9.50 Å². The molecule has 0 unspecified atom stereocenters. The third-order valence-corrected chi connectivity index (χ3v) is 1.69. The number of rotatable bonds is 1. The first-order valence-corrected chi connectivity index (χ1v) is 3.89. The summed E-state index contributed by atoms with van der Waals surface area (Å²) in [5, 5.41) is 4.06. The summed E-state index contributed by atoms with van der Waals surface area (Å²) in [5.41, 5.74) is 11.9. The molecule has 0 radical (unpaired) electrons. The van der Waals surface area contributed by atoms with Crippen molar-refractivity contribution in [3.63, 3.8) is 0 Å². The van der Waals surface area contributed by atoms with Gasteiger partial charge in [0.25, 0.3) is 5.78 Å². The van der Waals surface area contributed by atoms with Crippen molar-refractivity contribution in [3.05, 3.63) is 17.6 Å². The summed E-state index contributed by atoms with van der Waals surface area (Å²) in [6.45, 7) is 2.15. The van der Waals surface area contributed by atoms with Gasteiger partial charge in [0, 0.05) is 11.8 Å². The molecule has 2 aromatic heterocycles. The quantitative estimate of drug-likeness (QED) is 0.612. The van der Waals surface area contributed by atoms with Crippen LogP contribution in [-0.2, 0) is 6.54 Å². The average molecular weight is 178 g/mol. The topological polar surface area (TPSA) is 95.1 Å². The van der Waals surface area contributed by atoms with Crippen molar-refractivity contribution >= 4 is 11.6 Å². The number of nitrogen functional groups attached to an aromatic ring is 1. The molecule has 0 aliphatic heterocycles. The maximum absolute atomic E-state index is 5.70. The van der Waals surface area contributed by atoms with E-state index in [1.54, 1.807) is 6.07 Å². The first kappa shape index (κ1) is 7.93. The molecule has 6 nitrogen and oxygen atoms in total. The Balaban J connectivity index is 2.75. The molecule has 0 spiro atoms. The number of anilines is 1. The van der Waals surface area contributed by atoms with Crippen molar-refractivity contribution in [2.75, 3.05) is 5.73 Å². The van der Waals surface area contributed by atoms with Crippen molar-refractivity contribution in [2.24, 2.45) is 5.73 Å². The zero-order valence-electron chi connectivity index (χ0n) is 7.23. The minimum absolute atomic E-state index is 0.293. The minimum atomic E-state index is 0.293. The molecule has 68 valence electrons. The Hall–Kier alpha value is -1.69. The second-order valence-electron chi connectivity index (χ2n) is 2.77. The second-order valence-corrected chi connectivity index (χ2v) is 2.77. The lowest BCUT2D eigenvalue weighted by Gasteiger charge is -1.97. The van der Waals surface area contributed by atoms with Crippen LogP contribution >= 0.6 is 0 Å².